The van der Waals surface area contributed by atoms with Crippen LogP contribution in [-0.2, 0) is 9.31 Å². The number of hydrogen-bond acceptors (Lipinski definition) is 5. The molecule has 0 amide bonds. The summed E-state index contributed by atoms with van der Waals surface area (Å²) in [5.74, 6) is 1.44. The number of rotatable bonds is 2. The third-order valence-electron chi connectivity index (χ3n) is 6.60. The molecule has 0 N–H and O–H groups in total. The Balaban J connectivity index is 1.45. The maximum Gasteiger partial charge on any atom is 0.494 e. The van der Waals surface area contributed by atoms with Gasteiger partial charge >= 0.3 is 7.12 Å². The van der Waals surface area contributed by atoms with Gasteiger partial charge in [-0.2, -0.15) is 0 Å². The van der Waals surface area contributed by atoms with Gasteiger partial charge in [-0.05, 0) is 64.2 Å². The average Bonchev–Trinajstić information content (AvgIpc) is 3.29. The van der Waals surface area contributed by atoms with Gasteiger partial charge in [0.1, 0.15) is 0 Å². The fourth-order valence-corrected chi connectivity index (χ4v) is 5.44. The van der Waals surface area contributed by atoms with Crippen molar-refractivity contribution in [2.45, 2.75) is 51.2 Å². The van der Waals surface area contributed by atoms with E-state index >= 15 is 0 Å². The van der Waals surface area contributed by atoms with Crippen molar-refractivity contribution in [2.75, 3.05) is 19.6 Å². The molecule has 2 aromatic rings. The van der Waals surface area contributed by atoms with Crippen molar-refractivity contribution in [3.8, 4) is 0 Å². The lowest BCUT2D eigenvalue weighted by Gasteiger charge is -2.32. The summed E-state index contributed by atoms with van der Waals surface area (Å²) in [7, 11) is -0.312. The Hall–Kier alpha value is -0.945. The van der Waals surface area contributed by atoms with Crippen molar-refractivity contribution in [1.29, 1.82) is 0 Å². The highest BCUT2D eigenvalue weighted by Crippen LogP contribution is 2.42. The quantitative estimate of drug-likeness (QED) is 0.775. The Morgan fingerprint density at radius 2 is 1.92 bits per heavy atom. The average molecular weight is 356 g/mol. The smallest absolute Gasteiger partial charge is 0.399 e. The van der Waals surface area contributed by atoms with Crippen LogP contribution in [-0.4, -0.2) is 47.8 Å². The Morgan fingerprint density at radius 3 is 2.56 bits per heavy atom. The summed E-state index contributed by atoms with van der Waals surface area (Å²) in [5, 5.41) is 1.31. The van der Waals surface area contributed by atoms with E-state index in [2.05, 4.69) is 50.8 Å². The van der Waals surface area contributed by atoms with Gasteiger partial charge in [0.05, 0.1) is 26.4 Å². The number of hydrogen-bond donors (Lipinski definition) is 0. The first-order valence-corrected chi connectivity index (χ1v) is 10.1. The third kappa shape index (κ3) is 2.49. The van der Waals surface area contributed by atoms with Gasteiger partial charge in [-0.3, -0.25) is 0 Å². The second-order valence-electron chi connectivity index (χ2n) is 8.78. The van der Waals surface area contributed by atoms with Gasteiger partial charge in [-0.15, -0.1) is 11.3 Å². The van der Waals surface area contributed by atoms with Crippen LogP contribution >= 0.6 is 11.3 Å². The Labute approximate surface area is 153 Å². The number of fused-ring (bicyclic) bond motifs is 3. The van der Waals surface area contributed by atoms with E-state index in [1.165, 1.54) is 35.8 Å². The lowest BCUT2D eigenvalue weighted by molar-refractivity contribution is 0.00578. The number of thiazole rings is 1. The molecule has 0 saturated carbocycles. The Bertz CT molecular complexity index is 818. The van der Waals surface area contributed by atoms with E-state index in [1.54, 1.807) is 0 Å². The van der Waals surface area contributed by atoms with Gasteiger partial charge in [0.15, 0.2) is 0 Å². The van der Waals surface area contributed by atoms with E-state index in [0.717, 1.165) is 16.9 Å². The fraction of sp³-hybridized carbons (Fsp3) is 0.632. The van der Waals surface area contributed by atoms with Crippen LogP contribution in [0.1, 0.15) is 45.0 Å². The minimum Gasteiger partial charge on any atom is -0.399 e. The topological polar surface area (TPSA) is 34.6 Å². The zero-order valence-electron chi connectivity index (χ0n) is 15.4. The summed E-state index contributed by atoms with van der Waals surface area (Å²) >= 11 is 1.87. The molecule has 25 heavy (non-hydrogen) atoms. The molecule has 2 bridgehead atoms. The van der Waals surface area contributed by atoms with E-state index in [9.17, 15) is 0 Å². The highest BCUT2D eigenvalue weighted by molar-refractivity contribution is 7.18. The minimum atomic E-state index is -0.312. The normalized spacial score (nSPS) is 32.8. The van der Waals surface area contributed by atoms with Crippen molar-refractivity contribution in [2.24, 2.45) is 5.92 Å². The molecule has 1 aromatic heterocycles. The van der Waals surface area contributed by atoms with Gasteiger partial charge in [0.25, 0.3) is 0 Å². The van der Waals surface area contributed by atoms with Crippen LogP contribution in [0.3, 0.4) is 0 Å². The first-order chi connectivity index (χ1) is 11.8. The molecule has 0 radical (unpaired) electrons. The molecule has 3 atom stereocenters. The molecule has 3 saturated heterocycles. The maximum atomic E-state index is 6.19. The van der Waals surface area contributed by atoms with Crippen molar-refractivity contribution in [1.82, 2.24) is 9.88 Å². The molecule has 3 unspecified atom stereocenters. The van der Waals surface area contributed by atoms with Gasteiger partial charge in [-0.1, -0.05) is 6.07 Å². The molecule has 3 aliphatic rings. The molecule has 3 aliphatic heterocycles. The van der Waals surface area contributed by atoms with Crippen LogP contribution < -0.4 is 5.46 Å². The fourth-order valence-electron chi connectivity index (χ4n) is 4.31. The molecule has 132 valence electrons. The van der Waals surface area contributed by atoms with Crippen molar-refractivity contribution < 1.29 is 9.31 Å². The molecule has 0 spiro atoms. The van der Waals surface area contributed by atoms with Crippen LogP contribution in [0.2, 0.25) is 0 Å². The van der Waals surface area contributed by atoms with E-state index in [4.69, 9.17) is 14.3 Å². The minimum absolute atomic E-state index is 0.308. The Morgan fingerprint density at radius 1 is 1.16 bits per heavy atom. The SMILES string of the molecule is CC1(C)OB(c2ccc3sc(C4CN5CCC4C5)nc3c2)OC1(C)C. The lowest BCUT2D eigenvalue weighted by Crippen LogP contribution is -2.41. The first-order valence-electron chi connectivity index (χ1n) is 9.31. The standard InChI is InChI=1S/C19H25BN2O2S/c1-18(2)19(3,4)24-20(23-18)13-5-6-16-15(9-13)21-17(25-16)14-11-22-8-7-12(14)10-22/h5-6,9,12,14H,7-8,10-11H2,1-4H3. The van der Waals surface area contributed by atoms with Gasteiger partial charge in [-0.25, -0.2) is 4.98 Å². The summed E-state index contributed by atoms with van der Waals surface area (Å²) < 4.78 is 13.7. The van der Waals surface area contributed by atoms with Crippen LogP contribution in [0.25, 0.3) is 10.2 Å². The van der Waals surface area contributed by atoms with E-state index in [0.29, 0.717) is 5.92 Å². The molecule has 4 heterocycles. The Kier molecular flexibility index (Phi) is 3.44. The van der Waals surface area contributed by atoms with Crippen molar-refractivity contribution >= 4 is 34.1 Å². The highest BCUT2D eigenvalue weighted by atomic mass is 32.1. The largest absolute Gasteiger partial charge is 0.494 e. The van der Waals surface area contributed by atoms with Crippen molar-refractivity contribution in [3.05, 3.63) is 23.2 Å². The molecular formula is C19H25BN2O2S. The summed E-state index contributed by atoms with van der Waals surface area (Å²) in [6.45, 7) is 12.1. The number of piperidine rings is 1. The van der Waals surface area contributed by atoms with Gasteiger partial charge in [0, 0.05) is 19.0 Å². The monoisotopic (exact) mass is 356 g/mol. The van der Waals surface area contributed by atoms with Crippen LogP contribution in [0.4, 0.5) is 0 Å². The van der Waals surface area contributed by atoms with E-state index < -0.39 is 0 Å². The van der Waals surface area contributed by atoms with E-state index in [1.807, 2.05) is 11.3 Å². The second kappa shape index (κ2) is 5.29. The molecular weight excluding hydrogens is 331 g/mol. The predicted octanol–water partition coefficient (Wildman–Crippen LogP) is 3.01. The van der Waals surface area contributed by atoms with Gasteiger partial charge < -0.3 is 14.2 Å². The molecule has 1 aromatic carbocycles. The number of nitrogens with zero attached hydrogens (tertiary/aromatic N) is 2. The van der Waals surface area contributed by atoms with Gasteiger partial charge in [0.2, 0.25) is 0 Å². The molecule has 5 rings (SSSR count). The first kappa shape index (κ1) is 16.2. The number of benzene rings is 1. The highest BCUT2D eigenvalue weighted by Gasteiger charge is 2.51. The third-order valence-corrected chi connectivity index (χ3v) is 7.77. The zero-order chi connectivity index (χ0) is 17.4. The summed E-state index contributed by atoms with van der Waals surface area (Å²) in [4.78, 5) is 7.58. The second-order valence-corrected chi connectivity index (χ2v) is 9.84. The molecule has 0 aliphatic carbocycles. The summed E-state index contributed by atoms with van der Waals surface area (Å²) in [6, 6.07) is 6.48. The molecule has 4 nitrogen and oxygen atoms in total. The lowest BCUT2D eigenvalue weighted by atomic mass is 9.79. The molecule has 6 heteroatoms. The zero-order valence-corrected chi connectivity index (χ0v) is 16.2. The maximum absolute atomic E-state index is 6.19. The molecule has 3 fully saturated rings. The summed E-state index contributed by atoms with van der Waals surface area (Å²) in [5.41, 5.74) is 1.54. The van der Waals surface area contributed by atoms with Crippen LogP contribution in [0.5, 0.6) is 0 Å². The van der Waals surface area contributed by atoms with Crippen molar-refractivity contribution in [3.63, 3.8) is 0 Å². The van der Waals surface area contributed by atoms with Crippen LogP contribution in [0.15, 0.2) is 18.2 Å². The van der Waals surface area contributed by atoms with E-state index in [-0.39, 0.29) is 18.3 Å². The summed E-state index contributed by atoms with van der Waals surface area (Å²) in [6.07, 6.45) is 1.33. The number of aromatic nitrogens is 1. The van der Waals surface area contributed by atoms with Crippen LogP contribution in [0, 0.1) is 5.92 Å². The predicted molar refractivity (Wildman–Crippen MR) is 103 cm³/mol.